The number of ketones is 1. The van der Waals surface area contributed by atoms with Gasteiger partial charge in [-0.25, -0.2) is 0 Å². The number of hydrogen-bond donors (Lipinski definition) is 0. The minimum atomic E-state index is -0.262. The summed E-state index contributed by atoms with van der Waals surface area (Å²) in [6, 6.07) is 5.41. The van der Waals surface area contributed by atoms with Crippen LogP contribution in [0.2, 0.25) is 5.02 Å². The predicted octanol–water partition coefficient (Wildman–Crippen LogP) is 4.04. The monoisotopic (exact) mass is 254 g/mol. The number of Topliss-reactive ketones (excluding diaryl/α,β-unsaturated/α-hetero) is 1. The highest BCUT2D eigenvalue weighted by Crippen LogP contribution is 2.21. The van der Waals surface area contributed by atoms with Crippen molar-refractivity contribution in [1.29, 1.82) is 0 Å². The van der Waals surface area contributed by atoms with E-state index in [0.29, 0.717) is 23.4 Å². The molecule has 2 nitrogen and oxygen atoms in total. The van der Waals surface area contributed by atoms with Gasteiger partial charge in [-0.2, -0.15) is 0 Å². The van der Waals surface area contributed by atoms with Gasteiger partial charge < -0.3 is 4.74 Å². The molecule has 0 fully saturated rings. The molecule has 0 atom stereocenters. The van der Waals surface area contributed by atoms with E-state index in [1.807, 2.05) is 26.8 Å². The number of rotatable bonds is 5. The van der Waals surface area contributed by atoms with Crippen LogP contribution < -0.4 is 0 Å². The molecule has 0 radical (unpaired) electrons. The summed E-state index contributed by atoms with van der Waals surface area (Å²) in [5, 5.41) is 0.602. The van der Waals surface area contributed by atoms with Gasteiger partial charge in [-0.1, -0.05) is 17.7 Å². The molecule has 0 spiro atoms. The zero-order valence-electron chi connectivity index (χ0n) is 10.8. The number of benzene rings is 1. The van der Waals surface area contributed by atoms with Crippen LogP contribution in [0.25, 0.3) is 0 Å². The van der Waals surface area contributed by atoms with Gasteiger partial charge in [0.15, 0.2) is 5.78 Å². The van der Waals surface area contributed by atoms with Crippen molar-refractivity contribution in [3.8, 4) is 0 Å². The lowest BCUT2D eigenvalue weighted by molar-refractivity contribution is 0.0141. The standard InChI is InChI=1S/C14H19ClO2/c1-10-5-6-11(15)9-12(10)13(16)7-8-14(2,3)17-4/h5-6,9H,7-8H2,1-4H3. The minimum absolute atomic E-state index is 0.120. The molecular weight excluding hydrogens is 236 g/mol. The zero-order valence-corrected chi connectivity index (χ0v) is 11.6. The molecule has 3 heteroatoms. The van der Waals surface area contributed by atoms with E-state index in [0.717, 1.165) is 5.56 Å². The lowest BCUT2D eigenvalue weighted by Gasteiger charge is -2.22. The van der Waals surface area contributed by atoms with E-state index in [2.05, 4.69) is 0 Å². The highest BCUT2D eigenvalue weighted by molar-refractivity contribution is 6.31. The first-order valence-corrected chi connectivity index (χ1v) is 6.08. The lowest BCUT2D eigenvalue weighted by Crippen LogP contribution is -2.23. The molecule has 0 unspecified atom stereocenters. The van der Waals surface area contributed by atoms with Gasteiger partial charge in [-0.3, -0.25) is 4.79 Å². The number of ether oxygens (including phenoxy) is 1. The van der Waals surface area contributed by atoms with Gasteiger partial charge in [0.05, 0.1) is 5.60 Å². The van der Waals surface area contributed by atoms with Crippen molar-refractivity contribution >= 4 is 17.4 Å². The normalized spacial score (nSPS) is 11.6. The molecule has 0 aliphatic rings. The Morgan fingerprint density at radius 2 is 2.06 bits per heavy atom. The second-order valence-electron chi connectivity index (χ2n) is 4.85. The maximum absolute atomic E-state index is 12.1. The number of methoxy groups -OCH3 is 1. The van der Waals surface area contributed by atoms with E-state index in [1.165, 1.54) is 0 Å². The molecule has 1 rings (SSSR count). The minimum Gasteiger partial charge on any atom is -0.379 e. The summed E-state index contributed by atoms with van der Waals surface area (Å²) >= 11 is 5.90. The van der Waals surface area contributed by atoms with Crippen LogP contribution in [0.1, 0.15) is 42.6 Å². The average molecular weight is 255 g/mol. The third-order valence-corrected chi connectivity index (χ3v) is 3.24. The fraction of sp³-hybridized carbons (Fsp3) is 0.500. The van der Waals surface area contributed by atoms with Crippen LogP contribution in [0, 0.1) is 6.92 Å². The van der Waals surface area contributed by atoms with Crippen LogP contribution in [0.3, 0.4) is 0 Å². The topological polar surface area (TPSA) is 26.3 Å². The SMILES string of the molecule is COC(C)(C)CCC(=O)c1cc(Cl)ccc1C. The fourth-order valence-corrected chi connectivity index (χ4v) is 1.72. The van der Waals surface area contributed by atoms with E-state index < -0.39 is 0 Å². The van der Waals surface area contributed by atoms with Gasteiger partial charge in [-0.05, 0) is 44.9 Å². The number of carbonyl (C=O) groups excluding carboxylic acids is 1. The van der Waals surface area contributed by atoms with E-state index in [4.69, 9.17) is 16.3 Å². The number of halogens is 1. The number of carbonyl (C=O) groups is 1. The molecule has 0 heterocycles. The van der Waals surface area contributed by atoms with Crippen LogP contribution in [0.15, 0.2) is 18.2 Å². The van der Waals surface area contributed by atoms with Crippen molar-refractivity contribution in [3.05, 3.63) is 34.3 Å². The Morgan fingerprint density at radius 1 is 1.41 bits per heavy atom. The average Bonchev–Trinajstić information content (AvgIpc) is 2.29. The van der Waals surface area contributed by atoms with Crippen molar-refractivity contribution in [2.45, 2.75) is 39.2 Å². The summed E-state index contributed by atoms with van der Waals surface area (Å²) in [5.41, 5.74) is 1.42. The first-order chi connectivity index (χ1) is 7.85. The van der Waals surface area contributed by atoms with Gasteiger partial charge in [0.2, 0.25) is 0 Å². The predicted molar refractivity (Wildman–Crippen MR) is 70.8 cm³/mol. The largest absolute Gasteiger partial charge is 0.379 e. The van der Waals surface area contributed by atoms with E-state index in [1.54, 1.807) is 19.2 Å². The highest BCUT2D eigenvalue weighted by Gasteiger charge is 2.19. The molecule has 1 aromatic carbocycles. The molecule has 0 amide bonds. The van der Waals surface area contributed by atoms with Crippen LogP contribution >= 0.6 is 11.6 Å². The van der Waals surface area contributed by atoms with Crippen LogP contribution in [-0.2, 0) is 4.74 Å². The first kappa shape index (κ1) is 14.2. The number of aryl methyl sites for hydroxylation is 1. The summed E-state index contributed by atoms with van der Waals surface area (Å²) in [4.78, 5) is 12.1. The Labute approximate surface area is 108 Å². The van der Waals surface area contributed by atoms with Crippen molar-refractivity contribution < 1.29 is 9.53 Å². The number of hydrogen-bond acceptors (Lipinski definition) is 2. The Bertz CT molecular complexity index is 411. The van der Waals surface area contributed by atoms with Crippen LogP contribution in [0.5, 0.6) is 0 Å². The summed E-state index contributed by atoms with van der Waals surface area (Å²) in [5.74, 6) is 0.120. The first-order valence-electron chi connectivity index (χ1n) is 5.70. The molecule has 0 N–H and O–H groups in total. The molecule has 0 aliphatic heterocycles. The maximum Gasteiger partial charge on any atom is 0.163 e. The van der Waals surface area contributed by atoms with Crippen molar-refractivity contribution in [3.63, 3.8) is 0 Å². The summed E-state index contributed by atoms with van der Waals surface area (Å²) in [6.45, 7) is 5.88. The molecule has 0 saturated heterocycles. The Balaban J connectivity index is 2.74. The van der Waals surface area contributed by atoms with E-state index >= 15 is 0 Å². The van der Waals surface area contributed by atoms with Gasteiger partial charge >= 0.3 is 0 Å². The molecule has 0 saturated carbocycles. The van der Waals surface area contributed by atoms with Crippen molar-refractivity contribution in [2.24, 2.45) is 0 Å². The lowest BCUT2D eigenvalue weighted by atomic mass is 9.96. The maximum atomic E-state index is 12.1. The molecule has 17 heavy (non-hydrogen) atoms. The van der Waals surface area contributed by atoms with Gasteiger partial charge in [0.25, 0.3) is 0 Å². The quantitative estimate of drug-likeness (QED) is 0.742. The van der Waals surface area contributed by atoms with Gasteiger partial charge in [-0.15, -0.1) is 0 Å². The Kier molecular flexibility index (Phi) is 4.72. The molecule has 1 aromatic rings. The van der Waals surface area contributed by atoms with Crippen molar-refractivity contribution in [2.75, 3.05) is 7.11 Å². The molecular formula is C14H19ClO2. The summed E-state index contributed by atoms with van der Waals surface area (Å²) in [7, 11) is 1.66. The zero-order chi connectivity index (χ0) is 13.1. The second-order valence-corrected chi connectivity index (χ2v) is 5.28. The van der Waals surface area contributed by atoms with Crippen LogP contribution in [0.4, 0.5) is 0 Å². The Morgan fingerprint density at radius 3 is 2.65 bits per heavy atom. The highest BCUT2D eigenvalue weighted by atomic mass is 35.5. The summed E-state index contributed by atoms with van der Waals surface area (Å²) in [6.07, 6.45) is 1.18. The smallest absolute Gasteiger partial charge is 0.163 e. The molecule has 0 aliphatic carbocycles. The third-order valence-electron chi connectivity index (χ3n) is 3.01. The summed E-state index contributed by atoms with van der Waals surface area (Å²) < 4.78 is 5.30. The van der Waals surface area contributed by atoms with E-state index in [-0.39, 0.29) is 11.4 Å². The molecule has 94 valence electrons. The Hall–Kier alpha value is -0.860. The van der Waals surface area contributed by atoms with Gasteiger partial charge in [0, 0.05) is 24.1 Å². The molecule has 0 aromatic heterocycles. The fourth-order valence-electron chi connectivity index (χ4n) is 1.55. The van der Waals surface area contributed by atoms with Crippen molar-refractivity contribution in [1.82, 2.24) is 0 Å². The second kappa shape index (κ2) is 5.65. The third kappa shape index (κ3) is 4.14. The van der Waals surface area contributed by atoms with Crippen LogP contribution in [-0.4, -0.2) is 18.5 Å². The molecule has 0 bridgehead atoms. The van der Waals surface area contributed by atoms with Gasteiger partial charge in [0.1, 0.15) is 0 Å². The van der Waals surface area contributed by atoms with E-state index in [9.17, 15) is 4.79 Å².